The van der Waals surface area contributed by atoms with Crippen molar-refractivity contribution in [2.45, 2.75) is 45.7 Å². The van der Waals surface area contributed by atoms with Gasteiger partial charge in [0.25, 0.3) is 0 Å². The van der Waals surface area contributed by atoms with Crippen LogP contribution in [0.15, 0.2) is 18.3 Å². The molecule has 2 unspecified atom stereocenters. The molecular formula is C16H25N3. The lowest BCUT2D eigenvalue weighted by atomic mass is 10.0. The van der Waals surface area contributed by atoms with Gasteiger partial charge in [-0.15, -0.1) is 0 Å². The standard InChI is InChI=1S/C16H25N3/c1-12(2)18-9-15-8-16(6-7-17-15)19-10-13-4-3-5-14(13)11-19/h6-8,12-14,18H,3-5,9-11H2,1-2H3. The van der Waals surface area contributed by atoms with E-state index in [-0.39, 0.29) is 0 Å². The summed E-state index contributed by atoms with van der Waals surface area (Å²) in [7, 11) is 0. The van der Waals surface area contributed by atoms with Crippen LogP contribution in [0.2, 0.25) is 0 Å². The number of hydrogen-bond acceptors (Lipinski definition) is 3. The van der Waals surface area contributed by atoms with Crippen LogP contribution >= 0.6 is 0 Å². The molecule has 1 aliphatic heterocycles. The van der Waals surface area contributed by atoms with Crippen LogP contribution in [-0.4, -0.2) is 24.1 Å². The number of nitrogens with one attached hydrogen (secondary N) is 1. The number of pyridine rings is 1. The highest BCUT2D eigenvalue weighted by Gasteiger charge is 2.36. The highest BCUT2D eigenvalue weighted by molar-refractivity contribution is 5.48. The molecule has 0 radical (unpaired) electrons. The molecule has 0 bridgehead atoms. The SMILES string of the molecule is CC(C)NCc1cc(N2CC3CCCC3C2)ccn1. The molecule has 2 heterocycles. The molecule has 0 amide bonds. The quantitative estimate of drug-likeness (QED) is 0.901. The van der Waals surface area contributed by atoms with Crippen LogP contribution < -0.4 is 10.2 Å². The molecule has 3 heteroatoms. The predicted molar refractivity (Wildman–Crippen MR) is 79.3 cm³/mol. The Morgan fingerprint density at radius 3 is 2.74 bits per heavy atom. The molecule has 1 aromatic rings. The fraction of sp³-hybridized carbons (Fsp3) is 0.688. The molecule has 3 nitrogen and oxygen atoms in total. The maximum absolute atomic E-state index is 4.47. The molecule has 1 aromatic heterocycles. The maximum atomic E-state index is 4.47. The molecule has 2 atom stereocenters. The predicted octanol–water partition coefficient (Wildman–Crippen LogP) is 2.82. The van der Waals surface area contributed by atoms with Gasteiger partial charge in [0.1, 0.15) is 0 Å². The molecular weight excluding hydrogens is 234 g/mol. The topological polar surface area (TPSA) is 28.2 Å². The van der Waals surface area contributed by atoms with E-state index >= 15 is 0 Å². The van der Waals surface area contributed by atoms with Crippen LogP contribution in [-0.2, 0) is 6.54 Å². The lowest BCUT2D eigenvalue weighted by molar-refractivity contribution is 0.494. The molecule has 1 saturated carbocycles. The van der Waals surface area contributed by atoms with E-state index in [4.69, 9.17) is 0 Å². The van der Waals surface area contributed by atoms with Gasteiger partial charge in [-0.3, -0.25) is 4.98 Å². The Morgan fingerprint density at radius 2 is 2.05 bits per heavy atom. The van der Waals surface area contributed by atoms with Crippen LogP contribution in [0.1, 0.15) is 38.8 Å². The number of hydrogen-bond donors (Lipinski definition) is 1. The minimum Gasteiger partial charge on any atom is -0.371 e. The van der Waals surface area contributed by atoms with E-state index in [2.05, 4.69) is 41.2 Å². The Balaban J connectivity index is 1.66. The summed E-state index contributed by atoms with van der Waals surface area (Å²) in [5.41, 5.74) is 2.52. The lowest BCUT2D eigenvalue weighted by Gasteiger charge is -2.20. The van der Waals surface area contributed by atoms with E-state index < -0.39 is 0 Å². The van der Waals surface area contributed by atoms with E-state index in [1.54, 1.807) is 0 Å². The molecule has 19 heavy (non-hydrogen) atoms. The second-order valence-corrected chi connectivity index (χ2v) is 6.40. The summed E-state index contributed by atoms with van der Waals surface area (Å²) in [5, 5.41) is 3.44. The Hall–Kier alpha value is -1.09. The fourth-order valence-electron chi connectivity index (χ4n) is 3.51. The molecule has 2 aliphatic rings. The summed E-state index contributed by atoms with van der Waals surface area (Å²) in [4.78, 5) is 7.03. The summed E-state index contributed by atoms with van der Waals surface area (Å²) in [5.74, 6) is 1.90. The van der Waals surface area contributed by atoms with Crippen molar-refractivity contribution in [2.24, 2.45) is 11.8 Å². The number of rotatable bonds is 4. The summed E-state index contributed by atoms with van der Waals surface area (Å²) in [6.45, 7) is 7.72. The minimum absolute atomic E-state index is 0.511. The summed E-state index contributed by atoms with van der Waals surface area (Å²) in [6, 6.07) is 4.94. The maximum Gasteiger partial charge on any atom is 0.0562 e. The molecule has 1 saturated heterocycles. The molecule has 2 fully saturated rings. The van der Waals surface area contributed by atoms with Gasteiger partial charge < -0.3 is 10.2 Å². The third-order valence-corrected chi connectivity index (χ3v) is 4.58. The van der Waals surface area contributed by atoms with E-state index in [9.17, 15) is 0 Å². The molecule has 1 N–H and O–H groups in total. The van der Waals surface area contributed by atoms with Gasteiger partial charge in [0.05, 0.1) is 5.69 Å². The average molecular weight is 259 g/mol. The van der Waals surface area contributed by atoms with E-state index in [1.165, 1.54) is 38.0 Å². The molecule has 0 spiro atoms. The van der Waals surface area contributed by atoms with Crippen molar-refractivity contribution in [3.63, 3.8) is 0 Å². The van der Waals surface area contributed by atoms with Gasteiger partial charge in [-0.05, 0) is 36.8 Å². The highest BCUT2D eigenvalue weighted by Crippen LogP contribution is 2.39. The normalized spacial score (nSPS) is 26.2. The molecule has 104 valence electrons. The van der Waals surface area contributed by atoms with Crippen LogP contribution in [0.25, 0.3) is 0 Å². The monoisotopic (exact) mass is 259 g/mol. The number of fused-ring (bicyclic) bond motifs is 1. The molecule has 1 aliphatic carbocycles. The van der Waals surface area contributed by atoms with E-state index in [0.717, 1.165) is 24.1 Å². The zero-order valence-electron chi connectivity index (χ0n) is 12.1. The fourth-order valence-corrected chi connectivity index (χ4v) is 3.51. The van der Waals surface area contributed by atoms with Crippen LogP contribution in [0.4, 0.5) is 5.69 Å². The zero-order chi connectivity index (χ0) is 13.2. The van der Waals surface area contributed by atoms with Crippen molar-refractivity contribution in [1.29, 1.82) is 0 Å². The van der Waals surface area contributed by atoms with Crippen LogP contribution in [0.3, 0.4) is 0 Å². The lowest BCUT2D eigenvalue weighted by Crippen LogP contribution is -2.24. The summed E-state index contributed by atoms with van der Waals surface area (Å²) in [6.07, 6.45) is 6.28. The number of aromatic nitrogens is 1. The highest BCUT2D eigenvalue weighted by atomic mass is 15.2. The van der Waals surface area contributed by atoms with E-state index in [1.807, 2.05) is 6.20 Å². The number of nitrogens with zero attached hydrogens (tertiary/aromatic N) is 2. The van der Waals surface area contributed by atoms with Gasteiger partial charge in [0.15, 0.2) is 0 Å². The first kappa shape index (κ1) is 12.9. The van der Waals surface area contributed by atoms with Gasteiger partial charge in [0.2, 0.25) is 0 Å². The van der Waals surface area contributed by atoms with Crippen molar-refractivity contribution in [1.82, 2.24) is 10.3 Å². The van der Waals surface area contributed by atoms with E-state index in [0.29, 0.717) is 6.04 Å². The number of anilines is 1. The van der Waals surface area contributed by atoms with Gasteiger partial charge in [-0.2, -0.15) is 0 Å². The van der Waals surface area contributed by atoms with Crippen molar-refractivity contribution >= 4 is 5.69 Å². The third kappa shape index (κ3) is 2.92. The third-order valence-electron chi connectivity index (χ3n) is 4.58. The first-order valence-electron chi connectivity index (χ1n) is 7.65. The first-order chi connectivity index (χ1) is 9.22. The molecule has 0 aromatic carbocycles. The summed E-state index contributed by atoms with van der Waals surface area (Å²) >= 11 is 0. The van der Waals surface area contributed by atoms with Gasteiger partial charge in [0, 0.05) is 37.6 Å². The van der Waals surface area contributed by atoms with Crippen LogP contribution in [0.5, 0.6) is 0 Å². The largest absolute Gasteiger partial charge is 0.371 e. The smallest absolute Gasteiger partial charge is 0.0562 e. The van der Waals surface area contributed by atoms with Crippen molar-refractivity contribution in [3.8, 4) is 0 Å². The van der Waals surface area contributed by atoms with Gasteiger partial charge in [-0.25, -0.2) is 0 Å². The van der Waals surface area contributed by atoms with Gasteiger partial charge in [-0.1, -0.05) is 20.3 Å². The Bertz CT molecular complexity index is 418. The summed E-state index contributed by atoms with van der Waals surface area (Å²) < 4.78 is 0. The van der Waals surface area contributed by atoms with Gasteiger partial charge >= 0.3 is 0 Å². The Labute approximate surface area is 116 Å². The second-order valence-electron chi connectivity index (χ2n) is 6.40. The van der Waals surface area contributed by atoms with Crippen molar-refractivity contribution < 1.29 is 0 Å². The van der Waals surface area contributed by atoms with Crippen LogP contribution in [0, 0.1) is 11.8 Å². The molecule has 3 rings (SSSR count). The minimum atomic E-state index is 0.511. The van der Waals surface area contributed by atoms with Crippen molar-refractivity contribution in [3.05, 3.63) is 24.0 Å². The Kier molecular flexibility index (Phi) is 3.74. The second kappa shape index (κ2) is 5.49. The first-order valence-corrected chi connectivity index (χ1v) is 7.65. The zero-order valence-corrected chi connectivity index (χ0v) is 12.1. The average Bonchev–Trinajstić information content (AvgIpc) is 2.97. The van der Waals surface area contributed by atoms with Crippen molar-refractivity contribution in [2.75, 3.05) is 18.0 Å². The Morgan fingerprint density at radius 1 is 1.32 bits per heavy atom.